The molecule has 3 saturated carbocycles. The Kier molecular flexibility index (Phi) is 3.87. The van der Waals surface area contributed by atoms with E-state index < -0.39 is 0 Å². The Labute approximate surface area is 182 Å². The normalized spacial score (nSPS) is 44.3. The Morgan fingerprint density at radius 3 is 2.63 bits per heavy atom. The Morgan fingerprint density at radius 1 is 1.03 bits per heavy atom. The molecule has 0 saturated heterocycles. The quantitative estimate of drug-likeness (QED) is 0.469. The predicted molar refractivity (Wildman–Crippen MR) is 127 cm³/mol. The van der Waals surface area contributed by atoms with Gasteiger partial charge in [0.25, 0.3) is 0 Å². The lowest BCUT2D eigenvalue weighted by Crippen LogP contribution is -2.60. The lowest BCUT2D eigenvalue weighted by molar-refractivity contribution is -0.129. The maximum absolute atomic E-state index is 3.97. The summed E-state index contributed by atoms with van der Waals surface area (Å²) in [5, 5.41) is 1.49. The van der Waals surface area contributed by atoms with E-state index in [1.54, 1.807) is 11.3 Å². The molecule has 0 aliphatic heterocycles. The highest BCUT2D eigenvalue weighted by Gasteiger charge is 2.67. The molecule has 0 bridgehead atoms. The van der Waals surface area contributed by atoms with E-state index in [-0.39, 0.29) is 0 Å². The number of hydrogen-bond acceptors (Lipinski definition) is 0. The molecule has 7 unspecified atom stereocenters. The van der Waals surface area contributed by atoms with Crippen LogP contribution in [-0.4, -0.2) is 4.98 Å². The van der Waals surface area contributed by atoms with E-state index in [1.807, 2.05) is 0 Å². The van der Waals surface area contributed by atoms with E-state index in [0.29, 0.717) is 16.2 Å². The van der Waals surface area contributed by atoms with Gasteiger partial charge in [-0.2, -0.15) is 0 Å². The molecule has 4 aliphatic rings. The Balaban J connectivity index is 1.46. The fourth-order valence-corrected chi connectivity index (χ4v) is 9.59. The average Bonchev–Trinajstić information content (AvgIpc) is 3.30. The molecule has 2 aromatic rings. The third-order valence-electron chi connectivity index (χ3n) is 11.0. The molecular weight excluding hydrogens is 362 g/mol. The first-order chi connectivity index (χ1) is 14.3. The maximum atomic E-state index is 3.97. The first-order valence-corrected chi connectivity index (χ1v) is 12.5. The number of aromatic amines is 1. The van der Waals surface area contributed by atoms with Crippen LogP contribution in [0.2, 0.25) is 0 Å². The highest BCUT2D eigenvalue weighted by molar-refractivity contribution is 5.86. The van der Waals surface area contributed by atoms with Gasteiger partial charge in [0.1, 0.15) is 0 Å². The summed E-state index contributed by atoms with van der Waals surface area (Å²) in [4.78, 5) is 3.97. The molecule has 0 radical (unpaired) electrons. The fraction of sp³-hybridized carbons (Fsp3) is 0.655. The van der Waals surface area contributed by atoms with E-state index in [1.165, 1.54) is 61.4 Å². The second kappa shape index (κ2) is 6.05. The Bertz CT molecular complexity index is 1040. The molecule has 1 aromatic heterocycles. The van der Waals surface area contributed by atoms with Gasteiger partial charge in [0.05, 0.1) is 0 Å². The summed E-state index contributed by atoms with van der Waals surface area (Å²) in [7, 11) is 0. The highest BCUT2D eigenvalue weighted by Crippen LogP contribution is 2.73. The van der Waals surface area contributed by atoms with Crippen LogP contribution in [-0.2, 0) is 11.8 Å². The number of H-pyrrole nitrogens is 1. The number of rotatable bonds is 1. The van der Waals surface area contributed by atoms with Crippen molar-refractivity contribution in [2.24, 2.45) is 34.5 Å². The van der Waals surface area contributed by atoms with Gasteiger partial charge in [-0.05, 0) is 105 Å². The molecular formula is C29H39N. The number of allylic oxidation sites excluding steroid dienone is 2. The smallest absolute Gasteiger partial charge is 0.0459 e. The van der Waals surface area contributed by atoms with E-state index in [0.717, 1.165) is 23.7 Å². The Hall–Kier alpha value is -1.50. The first-order valence-electron chi connectivity index (χ1n) is 12.5. The van der Waals surface area contributed by atoms with Crippen molar-refractivity contribution < 1.29 is 0 Å². The molecule has 160 valence electrons. The van der Waals surface area contributed by atoms with Crippen LogP contribution in [0.1, 0.15) is 84.4 Å². The van der Waals surface area contributed by atoms with E-state index >= 15 is 0 Å². The van der Waals surface area contributed by atoms with Gasteiger partial charge in [0.2, 0.25) is 0 Å². The van der Waals surface area contributed by atoms with Crippen LogP contribution in [0.25, 0.3) is 10.9 Å². The van der Waals surface area contributed by atoms with Crippen molar-refractivity contribution >= 4 is 10.9 Å². The van der Waals surface area contributed by atoms with Gasteiger partial charge >= 0.3 is 0 Å². The van der Waals surface area contributed by atoms with Gasteiger partial charge in [-0.3, -0.25) is 0 Å². The SMILES string of the molecule is CC(C)=CC1CC2CCC3(C)C(CCC4Cc5c([nH]c6ccccc56)C43C)C2(C)C1. The van der Waals surface area contributed by atoms with Crippen molar-refractivity contribution in [3.05, 3.63) is 47.2 Å². The predicted octanol–water partition coefficient (Wildman–Crippen LogP) is 7.81. The van der Waals surface area contributed by atoms with Gasteiger partial charge in [0, 0.05) is 22.0 Å². The molecule has 30 heavy (non-hydrogen) atoms. The van der Waals surface area contributed by atoms with Crippen LogP contribution in [0.5, 0.6) is 0 Å². The number of benzene rings is 1. The molecule has 0 spiro atoms. The number of fused-ring (bicyclic) bond motifs is 9. The highest BCUT2D eigenvalue weighted by atomic mass is 14.8. The maximum Gasteiger partial charge on any atom is 0.0459 e. The lowest BCUT2D eigenvalue weighted by Gasteiger charge is -2.64. The Morgan fingerprint density at radius 2 is 1.83 bits per heavy atom. The summed E-state index contributed by atoms with van der Waals surface area (Å²) in [6.45, 7) is 12.6. The van der Waals surface area contributed by atoms with Gasteiger partial charge in [-0.15, -0.1) is 0 Å². The molecule has 3 fully saturated rings. The summed E-state index contributed by atoms with van der Waals surface area (Å²) in [5.41, 5.74) is 7.37. The topological polar surface area (TPSA) is 15.8 Å². The van der Waals surface area contributed by atoms with Gasteiger partial charge in [-0.25, -0.2) is 0 Å². The summed E-state index contributed by atoms with van der Waals surface area (Å²) in [5.74, 6) is 3.42. The zero-order valence-electron chi connectivity index (χ0n) is 19.6. The molecule has 1 heteroatoms. The minimum absolute atomic E-state index is 0.298. The van der Waals surface area contributed by atoms with Crippen LogP contribution in [0.4, 0.5) is 0 Å². The summed E-state index contributed by atoms with van der Waals surface area (Å²) >= 11 is 0. The van der Waals surface area contributed by atoms with E-state index in [2.05, 4.69) is 69.9 Å². The zero-order chi connectivity index (χ0) is 20.9. The molecule has 1 nitrogen and oxygen atoms in total. The van der Waals surface area contributed by atoms with Gasteiger partial charge in [-0.1, -0.05) is 50.6 Å². The molecule has 7 atom stereocenters. The minimum Gasteiger partial charge on any atom is -0.358 e. The van der Waals surface area contributed by atoms with Gasteiger partial charge in [0.15, 0.2) is 0 Å². The first kappa shape index (κ1) is 19.2. The zero-order valence-corrected chi connectivity index (χ0v) is 19.6. The third kappa shape index (κ3) is 2.20. The summed E-state index contributed by atoms with van der Waals surface area (Å²) in [6.07, 6.45) is 12.5. The van der Waals surface area contributed by atoms with Crippen molar-refractivity contribution in [2.75, 3.05) is 0 Å². The van der Waals surface area contributed by atoms with Gasteiger partial charge < -0.3 is 4.98 Å². The van der Waals surface area contributed by atoms with Crippen LogP contribution in [0.15, 0.2) is 35.9 Å². The third-order valence-corrected chi connectivity index (χ3v) is 11.0. The molecule has 0 amide bonds. The molecule has 1 N–H and O–H groups in total. The van der Waals surface area contributed by atoms with Crippen molar-refractivity contribution in [3.63, 3.8) is 0 Å². The molecule has 1 aromatic carbocycles. The van der Waals surface area contributed by atoms with Crippen LogP contribution in [0, 0.1) is 34.5 Å². The summed E-state index contributed by atoms with van der Waals surface area (Å²) in [6, 6.07) is 9.05. The second-order valence-corrected chi connectivity index (χ2v) is 12.4. The standard InChI is InChI=1S/C29H39N/c1-18(2)14-19-15-20-12-13-28(4)25(27(20,3)17-19)11-10-21-16-23-22-8-6-7-9-24(22)30-26(23)29(21,28)5/h6-9,14,19-21,25,30H,10-13,15-17H2,1-5H3. The van der Waals surface area contributed by atoms with E-state index in [4.69, 9.17) is 0 Å². The van der Waals surface area contributed by atoms with Crippen molar-refractivity contribution in [3.8, 4) is 0 Å². The van der Waals surface area contributed by atoms with Crippen LogP contribution >= 0.6 is 0 Å². The number of hydrogen-bond donors (Lipinski definition) is 1. The monoisotopic (exact) mass is 401 g/mol. The second-order valence-electron chi connectivity index (χ2n) is 12.4. The van der Waals surface area contributed by atoms with E-state index in [9.17, 15) is 0 Å². The summed E-state index contributed by atoms with van der Waals surface area (Å²) < 4.78 is 0. The molecule has 1 heterocycles. The largest absolute Gasteiger partial charge is 0.358 e. The van der Waals surface area contributed by atoms with Crippen molar-refractivity contribution in [1.29, 1.82) is 0 Å². The molecule has 4 aliphatic carbocycles. The fourth-order valence-electron chi connectivity index (χ4n) is 9.59. The van der Waals surface area contributed by atoms with Crippen molar-refractivity contribution in [2.45, 2.75) is 85.0 Å². The minimum atomic E-state index is 0.298. The number of aromatic nitrogens is 1. The molecule has 6 rings (SSSR count). The number of para-hydroxylation sites is 1. The van der Waals surface area contributed by atoms with Crippen molar-refractivity contribution in [1.82, 2.24) is 4.98 Å². The number of nitrogens with one attached hydrogen (secondary N) is 1. The average molecular weight is 402 g/mol. The lowest BCUT2D eigenvalue weighted by atomic mass is 9.40. The van der Waals surface area contributed by atoms with Crippen LogP contribution in [0.3, 0.4) is 0 Å². The van der Waals surface area contributed by atoms with Crippen LogP contribution < -0.4 is 0 Å².